The van der Waals surface area contributed by atoms with Crippen LogP contribution in [0.15, 0.2) is 84.9 Å². The molecule has 1 aromatic heterocycles. The molecular formula is C30H22ClF4N3O2. The number of hydrogen-bond donors (Lipinski definition) is 0. The molecule has 0 atom stereocenters. The van der Waals surface area contributed by atoms with E-state index < -0.39 is 17.6 Å². The molecular weight excluding hydrogens is 546 g/mol. The maximum Gasteiger partial charge on any atom is 0.418 e. The lowest BCUT2D eigenvalue weighted by Crippen LogP contribution is -2.21. The van der Waals surface area contributed by atoms with Crippen LogP contribution in [0.3, 0.4) is 0 Å². The normalized spacial score (nSPS) is 11.6. The Balaban J connectivity index is 1.54. The summed E-state index contributed by atoms with van der Waals surface area (Å²) in [5, 5.41) is 4.75. The van der Waals surface area contributed by atoms with Crippen LogP contribution in [0.4, 0.5) is 17.6 Å². The molecule has 0 aliphatic rings. The number of halogens is 5. The van der Waals surface area contributed by atoms with Crippen molar-refractivity contribution in [2.24, 2.45) is 0 Å². The van der Waals surface area contributed by atoms with Crippen molar-refractivity contribution in [2.45, 2.75) is 12.7 Å². The van der Waals surface area contributed by atoms with E-state index in [9.17, 15) is 22.4 Å². The van der Waals surface area contributed by atoms with Gasteiger partial charge >= 0.3 is 6.18 Å². The number of hydrogen-bond acceptors (Lipinski definition) is 3. The molecule has 0 N–H and O–H groups in total. The Morgan fingerprint density at radius 3 is 2.35 bits per heavy atom. The van der Waals surface area contributed by atoms with Crippen molar-refractivity contribution in [3.63, 3.8) is 0 Å². The molecule has 204 valence electrons. The molecule has 0 aliphatic heterocycles. The predicted molar refractivity (Wildman–Crippen MR) is 145 cm³/mol. The molecule has 0 unspecified atom stereocenters. The second-order valence-electron chi connectivity index (χ2n) is 9.30. The molecule has 0 radical (unpaired) electrons. The van der Waals surface area contributed by atoms with Crippen molar-refractivity contribution in [2.75, 3.05) is 14.1 Å². The van der Waals surface area contributed by atoms with Crippen LogP contribution in [0.25, 0.3) is 22.2 Å². The van der Waals surface area contributed by atoms with Crippen LogP contribution in [-0.4, -0.2) is 34.7 Å². The standard InChI is InChI=1S/C30H22ClF4N3O2/c1-37(2)29(39)19-5-3-6-23(15-19)40-22-13-10-18(11-14-22)28-24-7-4-8-25(30(33,34)35)27(24)36-38(28)17-20-9-12-21(31)16-26(20)32/h3-16H,17H2,1-2H3. The zero-order chi connectivity index (χ0) is 28.6. The topological polar surface area (TPSA) is 47.4 Å². The first-order chi connectivity index (χ1) is 19.0. The van der Waals surface area contributed by atoms with Gasteiger partial charge in [0.25, 0.3) is 5.91 Å². The lowest BCUT2D eigenvalue weighted by molar-refractivity contribution is -0.136. The van der Waals surface area contributed by atoms with Gasteiger partial charge in [0.05, 0.1) is 17.8 Å². The second kappa shape index (κ2) is 10.7. The Kier molecular flexibility index (Phi) is 7.25. The average Bonchev–Trinajstić information content (AvgIpc) is 3.27. The van der Waals surface area contributed by atoms with E-state index in [2.05, 4.69) is 5.10 Å². The predicted octanol–water partition coefficient (Wildman–Crippen LogP) is 8.06. The summed E-state index contributed by atoms with van der Waals surface area (Å²) in [5.41, 5.74) is 0.514. The smallest absolute Gasteiger partial charge is 0.418 e. The Labute approximate surface area is 232 Å². The van der Waals surface area contributed by atoms with E-state index in [0.717, 1.165) is 12.1 Å². The first kappa shape index (κ1) is 27.2. The van der Waals surface area contributed by atoms with Crippen LogP contribution < -0.4 is 4.74 Å². The molecule has 10 heteroatoms. The number of nitrogens with zero attached hydrogens (tertiary/aromatic N) is 3. The molecule has 0 saturated heterocycles. The summed E-state index contributed by atoms with van der Waals surface area (Å²) in [6.45, 7) is -0.116. The van der Waals surface area contributed by atoms with Crippen molar-refractivity contribution in [1.82, 2.24) is 14.7 Å². The Bertz CT molecular complexity index is 1710. The van der Waals surface area contributed by atoms with E-state index in [1.54, 1.807) is 68.7 Å². The van der Waals surface area contributed by atoms with Gasteiger partial charge in [-0.15, -0.1) is 0 Å². The quantitative estimate of drug-likeness (QED) is 0.195. The zero-order valence-corrected chi connectivity index (χ0v) is 22.1. The Morgan fingerprint density at radius 2 is 1.68 bits per heavy atom. The largest absolute Gasteiger partial charge is 0.457 e. The van der Waals surface area contributed by atoms with E-state index in [-0.39, 0.29) is 33.9 Å². The highest BCUT2D eigenvalue weighted by molar-refractivity contribution is 6.30. The molecule has 1 heterocycles. The van der Waals surface area contributed by atoms with Crippen LogP contribution in [0.5, 0.6) is 11.5 Å². The summed E-state index contributed by atoms with van der Waals surface area (Å²) in [7, 11) is 3.31. The van der Waals surface area contributed by atoms with Crippen LogP contribution in [0.2, 0.25) is 5.02 Å². The fourth-order valence-corrected chi connectivity index (χ4v) is 4.54. The number of fused-ring (bicyclic) bond motifs is 1. The third-order valence-corrected chi connectivity index (χ3v) is 6.50. The second-order valence-corrected chi connectivity index (χ2v) is 9.73. The van der Waals surface area contributed by atoms with Crippen molar-refractivity contribution >= 4 is 28.4 Å². The van der Waals surface area contributed by atoms with E-state index in [1.807, 2.05) is 0 Å². The number of alkyl halides is 3. The summed E-state index contributed by atoms with van der Waals surface area (Å²) in [4.78, 5) is 13.7. The van der Waals surface area contributed by atoms with E-state index in [4.69, 9.17) is 16.3 Å². The highest BCUT2D eigenvalue weighted by Gasteiger charge is 2.34. The van der Waals surface area contributed by atoms with Gasteiger partial charge in [-0.25, -0.2) is 4.39 Å². The maximum atomic E-state index is 14.6. The van der Waals surface area contributed by atoms with Gasteiger partial charge in [0.1, 0.15) is 22.8 Å². The molecule has 5 aromatic rings. The number of ether oxygens (including phenoxy) is 1. The van der Waals surface area contributed by atoms with Crippen molar-refractivity contribution in [1.29, 1.82) is 0 Å². The van der Waals surface area contributed by atoms with Crippen LogP contribution in [0.1, 0.15) is 21.5 Å². The number of benzene rings is 4. The Morgan fingerprint density at radius 1 is 0.950 bits per heavy atom. The fourth-order valence-electron chi connectivity index (χ4n) is 4.38. The van der Waals surface area contributed by atoms with Crippen LogP contribution in [0, 0.1) is 5.82 Å². The summed E-state index contributed by atoms with van der Waals surface area (Å²) in [5.74, 6) is 0.140. The molecule has 0 bridgehead atoms. The Hall–Kier alpha value is -4.37. The molecule has 0 spiro atoms. The summed E-state index contributed by atoms with van der Waals surface area (Å²) < 4.78 is 63.4. The molecule has 40 heavy (non-hydrogen) atoms. The molecule has 0 aliphatic carbocycles. The summed E-state index contributed by atoms with van der Waals surface area (Å²) in [6, 6.07) is 21.4. The van der Waals surface area contributed by atoms with Gasteiger partial charge in [-0.3, -0.25) is 9.48 Å². The van der Waals surface area contributed by atoms with Gasteiger partial charge < -0.3 is 9.64 Å². The lowest BCUT2D eigenvalue weighted by atomic mass is 10.0. The number of carbonyl (C=O) groups is 1. The molecule has 1 amide bonds. The van der Waals surface area contributed by atoms with E-state index in [0.29, 0.717) is 28.3 Å². The van der Waals surface area contributed by atoms with Gasteiger partial charge in [0, 0.05) is 41.2 Å². The first-order valence-corrected chi connectivity index (χ1v) is 12.5. The zero-order valence-electron chi connectivity index (χ0n) is 21.3. The summed E-state index contributed by atoms with van der Waals surface area (Å²) >= 11 is 5.87. The van der Waals surface area contributed by atoms with Crippen LogP contribution in [-0.2, 0) is 12.7 Å². The van der Waals surface area contributed by atoms with Gasteiger partial charge in [-0.2, -0.15) is 18.3 Å². The van der Waals surface area contributed by atoms with E-state index >= 15 is 0 Å². The highest BCUT2D eigenvalue weighted by atomic mass is 35.5. The molecule has 0 saturated carbocycles. The molecule has 5 nitrogen and oxygen atoms in total. The van der Waals surface area contributed by atoms with Gasteiger partial charge in [0.2, 0.25) is 0 Å². The SMILES string of the molecule is CN(C)C(=O)c1cccc(Oc2ccc(-c3c4cccc(C(F)(F)F)c4nn3Cc3ccc(Cl)cc3F)cc2)c1. The van der Waals surface area contributed by atoms with Crippen molar-refractivity contribution < 1.29 is 27.1 Å². The van der Waals surface area contributed by atoms with Gasteiger partial charge in [-0.1, -0.05) is 35.9 Å². The molecule has 0 fully saturated rings. The minimum Gasteiger partial charge on any atom is -0.457 e. The van der Waals surface area contributed by atoms with Crippen LogP contribution >= 0.6 is 11.6 Å². The number of amides is 1. The highest BCUT2D eigenvalue weighted by Crippen LogP contribution is 2.39. The number of carbonyl (C=O) groups excluding carboxylic acids is 1. The minimum atomic E-state index is -4.62. The number of rotatable bonds is 6. The average molecular weight is 568 g/mol. The third kappa shape index (κ3) is 5.51. The minimum absolute atomic E-state index is 0.116. The third-order valence-electron chi connectivity index (χ3n) is 6.26. The van der Waals surface area contributed by atoms with Gasteiger partial charge in [-0.05, 0) is 60.7 Å². The fraction of sp³-hybridized carbons (Fsp3) is 0.133. The lowest BCUT2D eigenvalue weighted by Gasteiger charge is -2.12. The monoisotopic (exact) mass is 567 g/mol. The van der Waals surface area contributed by atoms with E-state index in [1.165, 1.54) is 27.8 Å². The first-order valence-electron chi connectivity index (χ1n) is 12.1. The van der Waals surface area contributed by atoms with Crippen molar-refractivity contribution in [3.8, 4) is 22.8 Å². The summed E-state index contributed by atoms with van der Waals surface area (Å²) in [6.07, 6.45) is -4.62. The number of aromatic nitrogens is 2. The molecule has 5 rings (SSSR count). The maximum absolute atomic E-state index is 14.6. The van der Waals surface area contributed by atoms with Crippen molar-refractivity contribution in [3.05, 3.63) is 112 Å². The molecule has 4 aromatic carbocycles. The van der Waals surface area contributed by atoms with Gasteiger partial charge in [0.15, 0.2) is 0 Å².